The SMILES string of the molecule is CN(Cc1cn[nH]c1C(=O)O)[C@H]1CCN(Cc2ccccc2)C1. The molecule has 0 amide bonds. The zero-order chi connectivity index (χ0) is 16.2. The predicted octanol–water partition coefficient (Wildman–Crippen LogP) is 1.81. The summed E-state index contributed by atoms with van der Waals surface area (Å²) in [6.45, 7) is 3.64. The molecule has 6 nitrogen and oxygen atoms in total. The molecule has 0 spiro atoms. The van der Waals surface area contributed by atoms with Gasteiger partial charge in [0.2, 0.25) is 0 Å². The van der Waals surface area contributed by atoms with Gasteiger partial charge in [-0.3, -0.25) is 14.9 Å². The number of rotatable bonds is 6. The number of carbonyl (C=O) groups is 1. The summed E-state index contributed by atoms with van der Waals surface area (Å²) in [5.74, 6) is -0.956. The molecule has 3 rings (SSSR count). The molecule has 1 fully saturated rings. The Hall–Kier alpha value is -2.18. The lowest BCUT2D eigenvalue weighted by atomic mass is 10.2. The van der Waals surface area contributed by atoms with E-state index in [0.29, 0.717) is 12.6 Å². The normalized spacial score (nSPS) is 18.6. The highest BCUT2D eigenvalue weighted by Gasteiger charge is 2.26. The fourth-order valence-corrected chi connectivity index (χ4v) is 3.17. The molecule has 2 N–H and O–H groups in total. The van der Waals surface area contributed by atoms with Crippen LogP contribution in [-0.4, -0.2) is 57.3 Å². The van der Waals surface area contributed by atoms with Crippen LogP contribution in [0.3, 0.4) is 0 Å². The molecular formula is C17H22N4O2. The lowest BCUT2D eigenvalue weighted by molar-refractivity contribution is 0.0687. The van der Waals surface area contributed by atoms with E-state index in [1.165, 1.54) is 5.56 Å². The zero-order valence-electron chi connectivity index (χ0n) is 13.3. The summed E-state index contributed by atoms with van der Waals surface area (Å²) in [5, 5.41) is 15.5. The Balaban J connectivity index is 1.56. The van der Waals surface area contributed by atoms with Gasteiger partial charge in [-0.1, -0.05) is 30.3 Å². The Morgan fingerprint density at radius 3 is 2.96 bits per heavy atom. The number of benzene rings is 1. The first-order valence-electron chi connectivity index (χ1n) is 7.85. The van der Waals surface area contributed by atoms with Crippen LogP contribution < -0.4 is 0 Å². The number of likely N-dealkylation sites (N-methyl/N-ethyl adjacent to an activating group) is 1. The van der Waals surface area contributed by atoms with Crippen molar-refractivity contribution in [3.63, 3.8) is 0 Å². The quantitative estimate of drug-likeness (QED) is 0.851. The Morgan fingerprint density at radius 2 is 2.22 bits per heavy atom. The summed E-state index contributed by atoms with van der Waals surface area (Å²) in [4.78, 5) is 15.8. The molecule has 0 aliphatic carbocycles. The first-order chi connectivity index (χ1) is 11.1. The highest BCUT2D eigenvalue weighted by Crippen LogP contribution is 2.19. The molecule has 1 aliphatic rings. The Morgan fingerprint density at radius 1 is 1.43 bits per heavy atom. The van der Waals surface area contributed by atoms with Crippen molar-refractivity contribution < 1.29 is 9.90 Å². The zero-order valence-corrected chi connectivity index (χ0v) is 13.3. The molecule has 2 aromatic rings. The van der Waals surface area contributed by atoms with E-state index in [4.69, 9.17) is 5.11 Å². The summed E-state index contributed by atoms with van der Waals surface area (Å²) in [7, 11) is 2.05. The Labute approximate surface area is 135 Å². The van der Waals surface area contributed by atoms with Gasteiger partial charge in [-0.25, -0.2) is 4.79 Å². The van der Waals surface area contributed by atoms with Crippen LogP contribution in [0.1, 0.15) is 28.0 Å². The van der Waals surface area contributed by atoms with Crippen LogP contribution >= 0.6 is 0 Å². The topological polar surface area (TPSA) is 72.5 Å². The lowest BCUT2D eigenvalue weighted by Crippen LogP contribution is -2.34. The molecule has 0 saturated carbocycles. The number of hydrogen-bond acceptors (Lipinski definition) is 4. The molecule has 1 aromatic carbocycles. The molecule has 122 valence electrons. The number of hydrogen-bond donors (Lipinski definition) is 2. The summed E-state index contributed by atoms with van der Waals surface area (Å²) in [5.41, 5.74) is 2.26. The van der Waals surface area contributed by atoms with Gasteiger partial charge in [0.1, 0.15) is 5.69 Å². The molecule has 0 bridgehead atoms. The van der Waals surface area contributed by atoms with Crippen LogP contribution in [0.25, 0.3) is 0 Å². The minimum atomic E-state index is -0.956. The molecule has 23 heavy (non-hydrogen) atoms. The summed E-state index contributed by atoms with van der Waals surface area (Å²) >= 11 is 0. The van der Waals surface area contributed by atoms with Gasteiger partial charge < -0.3 is 5.11 Å². The van der Waals surface area contributed by atoms with Crippen molar-refractivity contribution in [2.75, 3.05) is 20.1 Å². The number of carboxylic acid groups (broad SMARTS) is 1. The minimum absolute atomic E-state index is 0.191. The lowest BCUT2D eigenvalue weighted by Gasteiger charge is -2.24. The maximum absolute atomic E-state index is 11.1. The summed E-state index contributed by atoms with van der Waals surface area (Å²) in [6, 6.07) is 10.9. The third-order valence-electron chi connectivity index (χ3n) is 4.47. The Kier molecular flexibility index (Phi) is 4.73. The largest absolute Gasteiger partial charge is 0.477 e. The number of likely N-dealkylation sites (tertiary alicyclic amines) is 1. The summed E-state index contributed by atoms with van der Waals surface area (Å²) < 4.78 is 0. The van der Waals surface area contributed by atoms with Gasteiger partial charge in [0.15, 0.2) is 0 Å². The van der Waals surface area contributed by atoms with Crippen molar-refractivity contribution >= 4 is 5.97 Å². The molecular weight excluding hydrogens is 292 g/mol. The fraction of sp³-hybridized carbons (Fsp3) is 0.412. The highest BCUT2D eigenvalue weighted by atomic mass is 16.4. The van der Waals surface area contributed by atoms with Crippen LogP contribution in [0, 0.1) is 0 Å². The van der Waals surface area contributed by atoms with Crippen molar-refractivity contribution in [3.05, 3.63) is 53.3 Å². The molecule has 1 atom stereocenters. The third-order valence-corrected chi connectivity index (χ3v) is 4.47. The maximum atomic E-state index is 11.1. The molecule has 0 radical (unpaired) electrons. The van der Waals surface area contributed by atoms with Gasteiger partial charge in [-0.05, 0) is 19.0 Å². The van der Waals surface area contributed by atoms with Crippen molar-refractivity contribution in [1.82, 2.24) is 20.0 Å². The number of nitrogens with one attached hydrogen (secondary N) is 1. The number of aromatic amines is 1. The number of aromatic carboxylic acids is 1. The Bertz CT molecular complexity index is 656. The van der Waals surface area contributed by atoms with E-state index in [1.807, 2.05) is 6.07 Å². The van der Waals surface area contributed by atoms with E-state index in [9.17, 15) is 4.79 Å². The molecule has 2 heterocycles. The second-order valence-electron chi connectivity index (χ2n) is 6.15. The molecule has 1 aliphatic heterocycles. The van der Waals surface area contributed by atoms with Gasteiger partial charge >= 0.3 is 5.97 Å². The van der Waals surface area contributed by atoms with Crippen LogP contribution in [0.4, 0.5) is 0 Å². The van der Waals surface area contributed by atoms with E-state index < -0.39 is 5.97 Å². The average molecular weight is 314 g/mol. The van der Waals surface area contributed by atoms with Gasteiger partial charge in [0, 0.05) is 37.8 Å². The van der Waals surface area contributed by atoms with E-state index >= 15 is 0 Å². The second kappa shape index (κ2) is 6.93. The monoisotopic (exact) mass is 314 g/mol. The number of H-pyrrole nitrogens is 1. The van der Waals surface area contributed by atoms with E-state index in [1.54, 1.807) is 6.20 Å². The number of aromatic nitrogens is 2. The third kappa shape index (κ3) is 3.78. The second-order valence-corrected chi connectivity index (χ2v) is 6.15. The average Bonchev–Trinajstić information content (AvgIpc) is 3.17. The van der Waals surface area contributed by atoms with Gasteiger partial charge in [-0.2, -0.15) is 5.10 Å². The molecule has 0 unspecified atom stereocenters. The molecule has 1 saturated heterocycles. The smallest absolute Gasteiger partial charge is 0.354 e. The minimum Gasteiger partial charge on any atom is -0.477 e. The van der Waals surface area contributed by atoms with Crippen molar-refractivity contribution in [1.29, 1.82) is 0 Å². The predicted molar refractivity (Wildman–Crippen MR) is 87.1 cm³/mol. The standard InChI is InChI=1S/C17H22N4O2/c1-20(11-14-9-18-19-16(14)17(22)23)15-7-8-21(12-15)10-13-5-3-2-4-6-13/h2-6,9,15H,7-8,10-12H2,1H3,(H,18,19)(H,22,23)/t15-/m0/s1. The van der Waals surface area contributed by atoms with Crippen molar-refractivity contribution in [2.45, 2.75) is 25.6 Å². The summed E-state index contributed by atoms with van der Waals surface area (Å²) in [6.07, 6.45) is 2.71. The van der Waals surface area contributed by atoms with Crippen molar-refractivity contribution in [2.24, 2.45) is 0 Å². The molecule has 1 aromatic heterocycles. The van der Waals surface area contributed by atoms with Crippen LogP contribution in [-0.2, 0) is 13.1 Å². The van der Waals surface area contributed by atoms with Gasteiger partial charge in [0.25, 0.3) is 0 Å². The highest BCUT2D eigenvalue weighted by molar-refractivity contribution is 5.86. The van der Waals surface area contributed by atoms with E-state index in [0.717, 1.165) is 31.6 Å². The fourth-order valence-electron chi connectivity index (χ4n) is 3.17. The number of carboxylic acids is 1. The van der Waals surface area contributed by atoms with E-state index in [2.05, 4.69) is 51.3 Å². The van der Waals surface area contributed by atoms with Crippen LogP contribution in [0.5, 0.6) is 0 Å². The van der Waals surface area contributed by atoms with Crippen molar-refractivity contribution in [3.8, 4) is 0 Å². The van der Waals surface area contributed by atoms with Gasteiger partial charge in [0.05, 0.1) is 6.20 Å². The number of nitrogens with zero attached hydrogens (tertiary/aromatic N) is 3. The van der Waals surface area contributed by atoms with Crippen LogP contribution in [0.15, 0.2) is 36.5 Å². The first kappa shape index (κ1) is 15.7. The first-order valence-corrected chi connectivity index (χ1v) is 7.85. The molecule has 6 heteroatoms. The van der Waals surface area contributed by atoms with Crippen LogP contribution in [0.2, 0.25) is 0 Å². The maximum Gasteiger partial charge on any atom is 0.354 e. The van der Waals surface area contributed by atoms with Gasteiger partial charge in [-0.15, -0.1) is 0 Å². The van der Waals surface area contributed by atoms with E-state index in [-0.39, 0.29) is 5.69 Å².